The number of alkyl carbamates (subject to hydrolysis) is 1. The van der Waals surface area contributed by atoms with Gasteiger partial charge in [-0.3, -0.25) is 14.4 Å². The van der Waals surface area contributed by atoms with Crippen molar-refractivity contribution in [2.24, 2.45) is 17.8 Å². The van der Waals surface area contributed by atoms with Crippen LogP contribution in [0.15, 0.2) is 0 Å². The van der Waals surface area contributed by atoms with E-state index in [2.05, 4.69) is 16.0 Å². The summed E-state index contributed by atoms with van der Waals surface area (Å²) >= 11 is 0. The van der Waals surface area contributed by atoms with Crippen LogP contribution in [-0.2, 0) is 23.9 Å². The Kier molecular flexibility index (Phi) is 11.3. The minimum Gasteiger partial charge on any atom is -0.481 e. The molecule has 0 aliphatic heterocycles. The molecule has 0 aromatic rings. The Morgan fingerprint density at radius 3 is 2.03 bits per heavy atom. The van der Waals surface area contributed by atoms with E-state index in [1.54, 1.807) is 20.8 Å². The quantitative estimate of drug-likeness (QED) is 0.295. The molecule has 194 valence electrons. The van der Waals surface area contributed by atoms with Crippen LogP contribution >= 0.6 is 0 Å². The zero-order valence-corrected chi connectivity index (χ0v) is 20.7. The second-order valence-electron chi connectivity index (χ2n) is 10.2. The van der Waals surface area contributed by atoms with Gasteiger partial charge in [-0.1, -0.05) is 13.8 Å². The van der Waals surface area contributed by atoms with Gasteiger partial charge in [0.15, 0.2) is 0 Å². The third kappa shape index (κ3) is 10.8. The van der Waals surface area contributed by atoms with E-state index in [-0.39, 0.29) is 42.4 Å². The molecule has 34 heavy (non-hydrogen) atoms. The topological polar surface area (TPSA) is 171 Å². The maximum Gasteiger partial charge on any atom is 0.408 e. The van der Waals surface area contributed by atoms with Crippen LogP contribution < -0.4 is 16.0 Å². The highest BCUT2D eigenvalue weighted by molar-refractivity contribution is 5.86. The number of rotatable bonds is 11. The van der Waals surface area contributed by atoms with Gasteiger partial charge in [0.05, 0.1) is 0 Å². The summed E-state index contributed by atoms with van der Waals surface area (Å²) in [6, 6.07) is -1.97. The molecule has 0 heterocycles. The highest BCUT2D eigenvalue weighted by atomic mass is 16.6. The smallest absolute Gasteiger partial charge is 0.408 e. The third-order valence-corrected chi connectivity index (χ3v) is 5.67. The van der Waals surface area contributed by atoms with E-state index in [1.165, 1.54) is 0 Å². The Bertz CT molecular complexity index is 739. The summed E-state index contributed by atoms with van der Waals surface area (Å²) in [6.45, 7) is 9.28. The lowest BCUT2D eigenvalue weighted by Crippen LogP contribution is -2.51. The Balaban J connectivity index is 2.50. The SMILES string of the molecule is CC(C)[C@H](NC(=O)OC(C)(C)C)C(=O)NCC1CCC(C(=O)N[C@@H](CCC(=O)O)C(=O)O)CC1. The van der Waals surface area contributed by atoms with Gasteiger partial charge in [-0.2, -0.15) is 0 Å². The number of carbonyl (C=O) groups is 5. The number of ether oxygens (including phenoxy) is 1. The minimum absolute atomic E-state index is 0.143. The molecular formula is C23H39N3O8. The number of carbonyl (C=O) groups excluding carboxylic acids is 3. The zero-order valence-electron chi connectivity index (χ0n) is 20.7. The van der Waals surface area contributed by atoms with Crippen LogP contribution in [0.4, 0.5) is 4.79 Å². The monoisotopic (exact) mass is 485 g/mol. The summed E-state index contributed by atoms with van der Waals surface area (Å²) < 4.78 is 5.23. The number of amides is 3. The van der Waals surface area contributed by atoms with Crippen LogP contribution in [-0.4, -0.2) is 64.3 Å². The van der Waals surface area contributed by atoms with Crippen molar-refractivity contribution in [2.75, 3.05) is 6.54 Å². The first-order valence-corrected chi connectivity index (χ1v) is 11.7. The highest BCUT2D eigenvalue weighted by Gasteiger charge is 2.31. The Labute approximate surface area is 200 Å². The summed E-state index contributed by atoms with van der Waals surface area (Å²) in [5.41, 5.74) is -0.673. The Hall–Kier alpha value is -2.85. The minimum atomic E-state index is -1.26. The molecule has 0 saturated heterocycles. The van der Waals surface area contributed by atoms with Gasteiger partial charge in [-0.15, -0.1) is 0 Å². The molecule has 0 bridgehead atoms. The summed E-state index contributed by atoms with van der Waals surface area (Å²) in [7, 11) is 0. The number of aliphatic carboxylic acids is 2. The molecule has 0 unspecified atom stereocenters. The first kappa shape index (κ1) is 29.2. The second kappa shape index (κ2) is 13.1. The van der Waals surface area contributed by atoms with Crippen molar-refractivity contribution in [1.29, 1.82) is 0 Å². The molecular weight excluding hydrogens is 446 g/mol. The molecule has 1 aliphatic rings. The predicted octanol–water partition coefficient (Wildman–Crippen LogP) is 1.89. The van der Waals surface area contributed by atoms with E-state index >= 15 is 0 Å². The van der Waals surface area contributed by atoms with E-state index in [4.69, 9.17) is 9.84 Å². The van der Waals surface area contributed by atoms with Crippen molar-refractivity contribution < 1.29 is 38.9 Å². The maximum atomic E-state index is 12.7. The number of carboxylic acid groups (broad SMARTS) is 2. The second-order valence-corrected chi connectivity index (χ2v) is 10.2. The number of hydrogen-bond donors (Lipinski definition) is 5. The van der Waals surface area contributed by atoms with Gasteiger partial charge < -0.3 is 30.9 Å². The molecule has 3 amide bonds. The summed E-state index contributed by atoms with van der Waals surface area (Å²) in [5, 5.41) is 25.9. The zero-order chi connectivity index (χ0) is 26.1. The molecule has 1 rings (SSSR count). The van der Waals surface area contributed by atoms with Gasteiger partial charge in [0.2, 0.25) is 11.8 Å². The molecule has 0 spiro atoms. The molecule has 5 N–H and O–H groups in total. The van der Waals surface area contributed by atoms with Gasteiger partial charge in [0.25, 0.3) is 0 Å². The lowest BCUT2D eigenvalue weighted by molar-refractivity contribution is -0.144. The first-order valence-electron chi connectivity index (χ1n) is 11.7. The lowest BCUT2D eigenvalue weighted by atomic mass is 9.81. The highest BCUT2D eigenvalue weighted by Crippen LogP contribution is 2.28. The molecule has 1 saturated carbocycles. The number of carboxylic acids is 2. The van der Waals surface area contributed by atoms with Crippen molar-refractivity contribution in [2.45, 2.75) is 90.8 Å². The average molecular weight is 486 g/mol. The summed E-state index contributed by atoms with van der Waals surface area (Å²) in [6.07, 6.45) is 1.27. The largest absolute Gasteiger partial charge is 0.481 e. The van der Waals surface area contributed by atoms with Gasteiger partial charge in [0.1, 0.15) is 17.7 Å². The summed E-state index contributed by atoms with van der Waals surface area (Å²) in [5.74, 6) is -3.41. The van der Waals surface area contributed by atoms with Crippen LogP contribution in [0, 0.1) is 17.8 Å². The van der Waals surface area contributed by atoms with Crippen molar-refractivity contribution >= 4 is 29.8 Å². The fourth-order valence-corrected chi connectivity index (χ4v) is 3.77. The van der Waals surface area contributed by atoms with Crippen molar-refractivity contribution in [3.05, 3.63) is 0 Å². The lowest BCUT2D eigenvalue weighted by Gasteiger charge is -2.30. The molecule has 1 aliphatic carbocycles. The van der Waals surface area contributed by atoms with E-state index in [0.717, 1.165) is 0 Å². The standard InChI is InChI=1S/C23H39N3O8/c1-13(2)18(26-22(33)34-23(3,4)5)20(30)24-12-14-6-8-15(9-7-14)19(29)25-16(21(31)32)10-11-17(27)28/h13-16,18H,6-12H2,1-5H3,(H,24,30)(H,25,29)(H,26,33)(H,27,28)(H,31,32)/t14?,15?,16-,18-/m0/s1. The van der Waals surface area contributed by atoms with Gasteiger partial charge in [0, 0.05) is 18.9 Å². The van der Waals surface area contributed by atoms with Gasteiger partial charge in [-0.05, 0) is 64.7 Å². The van der Waals surface area contributed by atoms with Crippen molar-refractivity contribution in [3.63, 3.8) is 0 Å². The van der Waals surface area contributed by atoms with Crippen LogP contribution in [0.3, 0.4) is 0 Å². The first-order chi connectivity index (χ1) is 15.7. The van der Waals surface area contributed by atoms with Crippen molar-refractivity contribution in [1.82, 2.24) is 16.0 Å². The molecule has 0 aromatic carbocycles. The van der Waals surface area contributed by atoms with E-state index in [9.17, 15) is 29.1 Å². The van der Waals surface area contributed by atoms with Crippen LogP contribution in [0.5, 0.6) is 0 Å². The summed E-state index contributed by atoms with van der Waals surface area (Å²) in [4.78, 5) is 59.1. The molecule has 0 aromatic heterocycles. The Morgan fingerprint density at radius 2 is 1.56 bits per heavy atom. The van der Waals surface area contributed by atoms with Crippen molar-refractivity contribution in [3.8, 4) is 0 Å². The maximum absolute atomic E-state index is 12.7. The van der Waals surface area contributed by atoms with Crippen LogP contribution in [0.2, 0.25) is 0 Å². The molecule has 11 heteroatoms. The average Bonchev–Trinajstić information content (AvgIpc) is 2.71. The third-order valence-electron chi connectivity index (χ3n) is 5.67. The fourth-order valence-electron chi connectivity index (χ4n) is 3.77. The molecule has 2 atom stereocenters. The van der Waals surface area contributed by atoms with Gasteiger partial charge in [-0.25, -0.2) is 9.59 Å². The number of hydrogen-bond acceptors (Lipinski definition) is 6. The molecule has 11 nitrogen and oxygen atoms in total. The molecule has 1 fully saturated rings. The van der Waals surface area contributed by atoms with E-state index < -0.39 is 35.7 Å². The van der Waals surface area contributed by atoms with E-state index in [1.807, 2.05) is 13.8 Å². The predicted molar refractivity (Wildman–Crippen MR) is 123 cm³/mol. The normalized spacial score (nSPS) is 20.1. The van der Waals surface area contributed by atoms with Crippen LogP contribution in [0.1, 0.15) is 73.1 Å². The Morgan fingerprint density at radius 1 is 0.971 bits per heavy atom. The van der Waals surface area contributed by atoms with E-state index in [0.29, 0.717) is 32.2 Å². The fraction of sp³-hybridized carbons (Fsp3) is 0.783. The van der Waals surface area contributed by atoms with Crippen LogP contribution in [0.25, 0.3) is 0 Å². The number of nitrogens with one attached hydrogen (secondary N) is 3. The van der Waals surface area contributed by atoms with Gasteiger partial charge >= 0.3 is 18.0 Å². The molecule has 0 radical (unpaired) electrons.